The Hall–Kier alpha value is -14.2. The van der Waals surface area contributed by atoms with Crippen molar-refractivity contribution in [3.63, 3.8) is 0 Å². The molecule has 0 bridgehead atoms. The summed E-state index contributed by atoms with van der Waals surface area (Å²) in [7, 11) is 0. The molecule has 0 radical (unpaired) electrons. The third-order valence-electron chi connectivity index (χ3n) is 21.5. The van der Waals surface area contributed by atoms with E-state index in [-0.39, 0.29) is 0 Å². The molecule has 486 valence electrons. The first-order chi connectivity index (χ1) is 52.0. The molecule has 8 heteroatoms. The Labute approximate surface area is 600 Å². The van der Waals surface area contributed by atoms with Gasteiger partial charge in [0, 0.05) is 82.9 Å². The van der Waals surface area contributed by atoms with Crippen LogP contribution in [-0.2, 0) is 0 Å². The molecule has 105 heavy (non-hydrogen) atoms. The molecular weight excluding hydrogens is 1280 g/mol. The molecule has 6 heterocycles. The number of pyridine rings is 1. The molecule has 0 N–H and O–H groups in total. The summed E-state index contributed by atoms with van der Waals surface area (Å²) in [6.45, 7) is 0. The zero-order valence-corrected chi connectivity index (χ0v) is 56.4. The second kappa shape index (κ2) is 23.2. The zero-order chi connectivity index (χ0) is 68.8. The van der Waals surface area contributed by atoms with Gasteiger partial charge in [-0.05, 0) is 173 Å². The Morgan fingerprint density at radius 3 is 1.48 bits per heavy atom. The van der Waals surface area contributed by atoms with E-state index in [0.29, 0.717) is 11.6 Å². The van der Waals surface area contributed by atoms with Crippen LogP contribution in [0, 0.1) is 0 Å². The summed E-state index contributed by atoms with van der Waals surface area (Å²) in [5.74, 6) is 1.37. The predicted molar refractivity (Wildman–Crippen MR) is 437 cm³/mol. The fourth-order valence-electron chi connectivity index (χ4n) is 16.5. The first-order valence-corrected chi connectivity index (χ1v) is 35.6. The number of aromatic nitrogens is 7. The number of hydrogen-bond acceptors (Lipinski definition) is 6. The van der Waals surface area contributed by atoms with Crippen LogP contribution >= 0.6 is 0 Å². The molecule has 23 rings (SSSR count). The topological polar surface area (TPSA) is 87.5 Å². The summed E-state index contributed by atoms with van der Waals surface area (Å²) in [6.07, 6.45) is 1.81. The van der Waals surface area contributed by atoms with Crippen LogP contribution in [0.15, 0.2) is 350 Å². The van der Waals surface area contributed by atoms with Crippen molar-refractivity contribution < 1.29 is 4.42 Å². The molecule has 0 amide bonds. The Balaban J connectivity index is 0.000000132. The number of hydrogen-bond donors (Lipinski definition) is 0. The summed E-state index contributed by atoms with van der Waals surface area (Å²) in [5, 5.41) is 25.1. The Bertz CT molecular complexity index is 7630. The minimum atomic E-state index is 0.684. The van der Waals surface area contributed by atoms with Gasteiger partial charge in [-0.3, -0.25) is 4.98 Å². The van der Waals surface area contributed by atoms with E-state index in [1.807, 2.05) is 42.6 Å². The van der Waals surface area contributed by atoms with E-state index in [1.54, 1.807) is 0 Å². The van der Waals surface area contributed by atoms with Gasteiger partial charge >= 0.3 is 0 Å². The predicted octanol–water partition coefficient (Wildman–Crippen LogP) is 25.5. The first kappa shape index (κ1) is 58.6. The lowest BCUT2D eigenvalue weighted by Gasteiger charge is -2.12. The maximum Gasteiger partial charge on any atom is 0.160 e. The smallest absolute Gasteiger partial charge is 0.160 e. The highest BCUT2D eigenvalue weighted by Crippen LogP contribution is 2.44. The lowest BCUT2D eigenvalue weighted by atomic mass is 10.0. The lowest BCUT2D eigenvalue weighted by Crippen LogP contribution is -1.97. The molecular formula is C97H57N7O. The van der Waals surface area contributed by atoms with E-state index in [2.05, 4.69) is 312 Å². The van der Waals surface area contributed by atoms with E-state index < -0.39 is 0 Å². The molecule has 8 nitrogen and oxygen atoms in total. The van der Waals surface area contributed by atoms with Crippen LogP contribution < -0.4 is 0 Å². The number of fused-ring (bicyclic) bond motifs is 20. The molecule has 23 aromatic rings. The van der Waals surface area contributed by atoms with Crippen LogP contribution in [0.25, 0.3) is 220 Å². The quantitative estimate of drug-likeness (QED) is 0.165. The van der Waals surface area contributed by atoms with E-state index in [9.17, 15) is 0 Å². The molecule has 0 saturated heterocycles. The SMILES string of the molecule is c1ccc2cc(-c3nc(-c4ccc5cc(-n6c7cc8ccccc8cc7c7ccc8ccccc8c76)ccc5c4)nc4cccnc34)ccc2c1.c1ccc2cc3c(cc2c1)c1c2ccccc2ccc1n3-c1ccc2cc(-c3nc(-c4cccc5c4oc4ccccc45)c4ccccc4n3)ccc2c1. The average molecular weight is 1340 g/mol. The maximum absolute atomic E-state index is 6.47. The molecule has 17 aromatic carbocycles. The molecule has 0 saturated carbocycles. The van der Waals surface area contributed by atoms with Crippen molar-refractivity contribution in [1.82, 2.24) is 34.1 Å². The highest BCUT2D eigenvalue weighted by molar-refractivity contribution is 6.24. The Morgan fingerprint density at radius 2 is 0.743 bits per heavy atom. The van der Waals surface area contributed by atoms with Crippen molar-refractivity contribution in [2.45, 2.75) is 0 Å². The monoisotopic (exact) mass is 1340 g/mol. The summed E-state index contributed by atoms with van der Waals surface area (Å²) in [4.78, 5) is 25.2. The molecule has 0 aliphatic carbocycles. The number of furan rings is 1. The maximum atomic E-state index is 6.47. The van der Waals surface area contributed by atoms with Gasteiger partial charge in [-0.15, -0.1) is 0 Å². The van der Waals surface area contributed by atoms with Crippen LogP contribution in [0.4, 0.5) is 0 Å². The molecule has 0 aliphatic heterocycles. The summed E-state index contributed by atoms with van der Waals surface area (Å²) in [5.41, 5.74) is 16.9. The van der Waals surface area contributed by atoms with E-state index in [1.165, 1.54) is 97.5 Å². The van der Waals surface area contributed by atoms with Crippen LogP contribution in [0.2, 0.25) is 0 Å². The van der Waals surface area contributed by atoms with Crippen molar-refractivity contribution >= 4 is 163 Å². The normalized spacial score (nSPS) is 12.0. The second-order valence-electron chi connectivity index (χ2n) is 27.5. The fourth-order valence-corrected chi connectivity index (χ4v) is 16.5. The van der Waals surface area contributed by atoms with Crippen molar-refractivity contribution in [3.8, 4) is 56.7 Å². The van der Waals surface area contributed by atoms with Crippen molar-refractivity contribution in [3.05, 3.63) is 346 Å². The minimum Gasteiger partial charge on any atom is -0.455 e. The van der Waals surface area contributed by atoms with Crippen LogP contribution in [0.5, 0.6) is 0 Å². The number of para-hydroxylation sites is 3. The Kier molecular flexibility index (Phi) is 12.9. The van der Waals surface area contributed by atoms with Gasteiger partial charge in [0.25, 0.3) is 0 Å². The van der Waals surface area contributed by atoms with Crippen LogP contribution in [0.1, 0.15) is 0 Å². The second-order valence-corrected chi connectivity index (χ2v) is 27.5. The number of rotatable bonds is 6. The van der Waals surface area contributed by atoms with E-state index >= 15 is 0 Å². The molecule has 0 aliphatic rings. The highest BCUT2D eigenvalue weighted by Gasteiger charge is 2.22. The third-order valence-corrected chi connectivity index (χ3v) is 21.5. The van der Waals surface area contributed by atoms with Crippen molar-refractivity contribution in [2.75, 3.05) is 0 Å². The van der Waals surface area contributed by atoms with Crippen LogP contribution in [0.3, 0.4) is 0 Å². The fraction of sp³-hybridized carbons (Fsp3) is 0. The van der Waals surface area contributed by atoms with Gasteiger partial charge in [0.2, 0.25) is 0 Å². The van der Waals surface area contributed by atoms with Gasteiger partial charge in [0.15, 0.2) is 11.6 Å². The number of nitrogens with zero attached hydrogens (tertiary/aromatic N) is 7. The molecule has 6 aromatic heterocycles. The van der Waals surface area contributed by atoms with Gasteiger partial charge in [-0.2, -0.15) is 0 Å². The lowest BCUT2D eigenvalue weighted by molar-refractivity contribution is 0.670. The molecule has 0 fully saturated rings. The summed E-state index contributed by atoms with van der Waals surface area (Å²) in [6, 6.07) is 121. The van der Waals surface area contributed by atoms with E-state index in [0.717, 1.165) is 110 Å². The highest BCUT2D eigenvalue weighted by atomic mass is 16.3. The number of benzene rings is 17. The minimum absolute atomic E-state index is 0.684. The molecule has 0 atom stereocenters. The first-order valence-electron chi connectivity index (χ1n) is 35.6. The third kappa shape index (κ3) is 9.44. The Morgan fingerprint density at radius 1 is 0.257 bits per heavy atom. The van der Waals surface area contributed by atoms with E-state index in [4.69, 9.17) is 29.3 Å². The largest absolute Gasteiger partial charge is 0.455 e. The summed E-state index contributed by atoms with van der Waals surface area (Å²) >= 11 is 0. The standard InChI is InChI=1S/C50H29N3O.C47H28N4/c1-2-12-32-29-45-42(28-31(32)11-1)47-37-13-4-3-10-30(37)23-25-44(47)53(45)36-24-22-33-26-35(21-20-34(33)27-36)50-51-43-18-7-5-15-40(43)48(52-50)41-17-9-16-39-38-14-6-8-19-46(38)54-49(39)41;1-2-10-31-24-36(17-15-29(31)8-1)44-45-42(14-7-23-48-45)49-47(50-44)37-18-16-35-26-38(21-19-34(35)25-37)51-43-28-33-12-4-3-11-32(33)27-41(43)40-22-20-30-9-5-6-13-39(30)46(40)51/h1-29H;1-28H. The van der Waals surface area contributed by atoms with Crippen molar-refractivity contribution in [2.24, 2.45) is 0 Å². The zero-order valence-electron chi connectivity index (χ0n) is 56.4. The molecule has 0 spiro atoms. The summed E-state index contributed by atoms with van der Waals surface area (Å²) < 4.78 is 11.3. The van der Waals surface area contributed by atoms with Gasteiger partial charge in [0.05, 0.1) is 38.8 Å². The van der Waals surface area contributed by atoms with Gasteiger partial charge in [-0.25, -0.2) is 19.9 Å². The average Bonchev–Trinajstić information content (AvgIpc) is 1.57. The van der Waals surface area contributed by atoms with Gasteiger partial charge in [-0.1, -0.05) is 237 Å². The van der Waals surface area contributed by atoms with Gasteiger partial charge in [0.1, 0.15) is 22.4 Å². The van der Waals surface area contributed by atoms with Crippen molar-refractivity contribution in [1.29, 1.82) is 0 Å². The van der Waals surface area contributed by atoms with Crippen LogP contribution in [-0.4, -0.2) is 34.1 Å². The van der Waals surface area contributed by atoms with Gasteiger partial charge < -0.3 is 13.6 Å². The molecule has 0 unspecified atom stereocenters.